The molecule has 222 valence electrons. The van der Waals surface area contributed by atoms with Crippen molar-refractivity contribution in [2.24, 2.45) is 47.2 Å². The first kappa shape index (κ1) is 31.7. The lowest BCUT2D eigenvalue weighted by Gasteiger charge is -2.30. The summed E-state index contributed by atoms with van der Waals surface area (Å²) >= 11 is 0. The number of carbonyl (C=O) groups excluding carboxylic acids is 1. The fourth-order valence-electron chi connectivity index (χ4n) is 5.88. The van der Waals surface area contributed by atoms with Crippen LogP contribution >= 0.6 is 0 Å². The first-order valence-corrected chi connectivity index (χ1v) is 14.7. The summed E-state index contributed by atoms with van der Waals surface area (Å²) in [6, 6.07) is 5.65. The molecular formula is C31H52N2O6. The number of ether oxygens (including phenoxy) is 4. The van der Waals surface area contributed by atoms with Crippen molar-refractivity contribution in [2.45, 2.75) is 65.5 Å². The number of nitrogens with one attached hydrogen (secondary N) is 1. The van der Waals surface area contributed by atoms with E-state index in [0.717, 1.165) is 37.4 Å². The number of rotatable bonds is 18. The first-order valence-electron chi connectivity index (χ1n) is 14.7. The van der Waals surface area contributed by atoms with E-state index >= 15 is 0 Å². The molecule has 1 aliphatic heterocycles. The van der Waals surface area contributed by atoms with Gasteiger partial charge in [0.2, 0.25) is 5.91 Å². The van der Waals surface area contributed by atoms with Crippen LogP contribution in [-0.2, 0) is 20.7 Å². The molecule has 1 unspecified atom stereocenters. The van der Waals surface area contributed by atoms with Gasteiger partial charge in [0.25, 0.3) is 0 Å². The third-order valence-corrected chi connectivity index (χ3v) is 8.77. The quantitative estimate of drug-likeness (QED) is 0.240. The molecule has 2 fully saturated rings. The summed E-state index contributed by atoms with van der Waals surface area (Å²) in [5.41, 5.74) is 7.72. The Morgan fingerprint density at radius 1 is 1.08 bits per heavy atom. The molecule has 1 aromatic carbocycles. The first-order chi connectivity index (χ1) is 18.7. The third kappa shape index (κ3) is 9.07. The van der Waals surface area contributed by atoms with Gasteiger partial charge in [0.15, 0.2) is 11.5 Å². The smallest absolute Gasteiger partial charge is 0.223 e. The van der Waals surface area contributed by atoms with Crippen LogP contribution in [0.15, 0.2) is 18.2 Å². The van der Waals surface area contributed by atoms with Gasteiger partial charge in [-0.25, -0.2) is 0 Å². The van der Waals surface area contributed by atoms with Crippen LogP contribution in [0.1, 0.15) is 52.5 Å². The Hall–Kier alpha value is -1.87. The summed E-state index contributed by atoms with van der Waals surface area (Å²) in [6.07, 6.45) is 1.92. The molecule has 0 radical (unpaired) electrons. The van der Waals surface area contributed by atoms with Gasteiger partial charge < -0.3 is 35.1 Å². The molecule has 1 saturated heterocycles. The summed E-state index contributed by atoms with van der Waals surface area (Å²) < 4.78 is 22.0. The molecule has 39 heavy (non-hydrogen) atoms. The monoisotopic (exact) mass is 548 g/mol. The molecule has 1 saturated carbocycles. The van der Waals surface area contributed by atoms with E-state index in [0.29, 0.717) is 62.0 Å². The largest absolute Gasteiger partial charge is 0.493 e. The summed E-state index contributed by atoms with van der Waals surface area (Å²) in [5.74, 6) is 3.73. The van der Waals surface area contributed by atoms with Crippen molar-refractivity contribution in [1.82, 2.24) is 5.32 Å². The lowest BCUT2D eigenvalue weighted by molar-refractivity contribution is -0.127. The highest BCUT2D eigenvalue weighted by Crippen LogP contribution is 2.50. The second-order valence-electron chi connectivity index (χ2n) is 12.2. The molecule has 1 heterocycles. The van der Waals surface area contributed by atoms with Crippen LogP contribution < -0.4 is 20.5 Å². The van der Waals surface area contributed by atoms with E-state index in [-0.39, 0.29) is 23.7 Å². The Bertz CT molecular complexity index is 884. The van der Waals surface area contributed by atoms with E-state index in [1.165, 1.54) is 0 Å². The molecule has 0 bridgehead atoms. The highest BCUT2D eigenvalue weighted by molar-refractivity contribution is 5.79. The van der Waals surface area contributed by atoms with Gasteiger partial charge in [-0.15, -0.1) is 0 Å². The number of carbonyl (C=O) groups is 1. The van der Waals surface area contributed by atoms with E-state index in [2.05, 4.69) is 25.2 Å². The normalized spacial score (nSPS) is 23.3. The molecule has 0 spiro atoms. The van der Waals surface area contributed by atoms with E-state index in [1.807, 2.05) is 26.0 Å². The number of methoxy groups -OCH3 is 2. The van der Waals surface area contributed by atoms with Crippen LogP contribution in [0.25, 0.3) is 0 Å². The lowest BCUT2D eigenvalue weighted by Crippen LogP contribution is -2.43. The van der Waals surface area contributed by atoms with Crippen molar-refractivity contribution in [1.29, 1.82) is 0 Å². The Morgan fingerprint density at radius 2 is 1.79 bits per heavy atom. The number of benzene rings is 1. The van der Waals surface area contributed by atoms with Gasteiger partial charge in [-0.05, 0) is 72.5 Å². The van der Waals surface area contributed by atoms with Crippen LogP contribution in [0.2, 0.25) is 0 Å². The van der Waals surface area contributed by atoms with Gasteiger partial charge >= 0.3 is 0 Å². The van der Waals surface area contributed by atoms with Crippen molar-refractivity contribution in [2.75, 3.05) is 47.2 Å². The van der Waals surface area contributed by atoms with Crippen LogP contribution in [0.4, 0.5) is 0 Å². The zero-order chi connectivity index (χ0) is 28.5. The zero-order valence-corrected chi connectivity index (χ0v) is 24.9. The van der Waals surface area contributed by atoms with Crippen LogP contribution in [0.5, 0.6) is 11.5 Å². The van der Waals surface area contributed by atoms with Gasteiger partial charge in [0.1, 0.15) is 0 Å². The standard InChI is InChI=1S/C31H52N2O6/c1-19(2)22(12-21-8-9-29(37-6)30(13-21)39-11-7-10-36-5)14-27(32)28(34)15-23(20(3)4)31(35)33-16-24-25-17-38-18-26(24)25/h8-9,13,19-20,22-28,34H,7,10-12,14-18,32H2,1-6H3,(H,33,35)/t22-,23-,24?,25-,26+,27-,28-/m0/s1. The molecule has 7 atom stereocenters. The fraction of sp³-hybridized carbons (Fsp3) is 0.774. The molecular weight excluding hydrogens is 496 g/mol. The third-order valence-electron chi connectivity index (χ3n) is 8.77. The van der Waals surface area contributed by atoms with Gasteiger partial charge in [-0.3, -0.25) is 4.79 Å². The Morgan fingerprint density at radius 3 is 2.41 bits per heavy atom. The topological polar surface area (TPSA) is 112 Å². The second kappa shape index (κ2) is 15.2. The van der Waals surface area contributed by atoms with E-state index in [9.17, 15) is 9.90 Å². The van der Waals surface area contributed by atoms with Gasteiger partial charge in [0.05, 0.1) is 33.0 Å². The zero-order valence-electron chi connectivity index (χ0n) is 24.9. The predicted octanol–water partition coefficient (Wildman–Crippen LogP) is 3.67. The fourth-order valence-corrected chi connectivity index (χ4v) is 5.88. The van der Waals surface area contributed by atoms with Crippen LogP contribution in [0.3, 0.4) is 0 Å². The Labute approximate surface area is 235 Å². The number of fused-ring (bicyclic) bond motifs is 1. The number of aliphatic hydroxyl groups excluding tert-OH is 1. The summed E-state index contributed by atoms with van der Waals surface area (Å²) in [4.78, 5) is 13.0. The highest BCUT2D eigenvalue weighted by atomic mass is 16.5. The minimum Gasteiger partial charge on any atom is -0.493 e. The van der Waals surface area contributed by atoms with E-state index < -0.39 is 12.1 Å². The maximum Gasteiger partial charge on any atom is 0.223 e. The number of aliphatic hydroxyl groups is 1. The summed E-state index contributed by atoms with van der Waals surface area (Å²) in [7, 11) is 3.33. The second-order valence-corrected chi connectivity index (χ2v) is 12.2. The van der Waals surface area contributed by atoms with Crippen molar-refractivity contribution < 1.29 is 28.8 Å². The van der Waals surface area contributed by atoms with Crippen molar-refractivity contribution in [3.63, 3.8) is 0 Å². The minimum atomic E-state index is -0.742. The summed E-state index contributed by atoms with van der Waals surface area (Å²) in [5, 5.41) is 14.2. The molecule has 1 aromatic rings. The summed E-state index contributed by atoms with van der Waals surface area (Å²) in [6.45, 7) is 12.0. The predicted molar refractivity (Wildman–Crippen MR) is 153 cm³/mol. The average Bonchev–Trinajstić information content (AvgIpc) is 3.32. The van der Waals surface area contributed by atoms with Crippen molar-refractivity contribution in [3.05, 3.63) is 23.8 Å². The van der Waals surface area contributed by atoms with Gasteiger partial charge in [0, 0.05) is 38.6 Å². The molecule has 8 heteroatoms. The van der Waals surface area contributed by atoms with Crippen molar-refractivity contribution in [3.8, 4) is 11.5 Å². The van der Waals surface area contributed by atoms with Gasteiger partial charge in [-0.2, -0.15) is 0 Å². The molecule has 1 amide bonds. The molecule has 4 N–H and O–H groups in total. The lowest BCUT2D eigenvalue weighted by atomic mass is 9.81. The van der Waals surface area contributed by atoms with Gasteiger partial charge in [-0.1, -0.05) is 33.8 Å². The average molecular weight is 549 g/mol. The number of nitrogens with two attached hydrogens (primary N) is 1. The Balaban J connectivity index is 1.54. The minimum absolute atomic E-state index is 0.0267. The number of hydrogen-bond acceptors (Lipinski definition) is 7. The Kier molecular flexibility index (Phi) is 12.4. The SMILES string of the molecule is COCCCOc1cc(C[C@@H](C[C@H](N)[C@@H](O)C[C@H](C(=O)NCC2[C@H]3COC[C@@H]23)C(C)C)C(C)C)ccc1OC. The maximum absolute atomic E-state index is 13.0. The van der Waals surface area contributed by atoms with E-state index in [4.69, 9.17) is 24.7 Å². The van der Waals surface area contributed by atoms with Crippen LogP contribution in [0, 0.1) is 41.4 Å². The molecule has 1 aliphatic carbocycles. The van der Waals surface area contributed by atoms with Crippen molar-refractivity contribution >= 4 is 5.91 Å². The maximum atomic E-state index is 13.0. The molecule has 0 aromatic heterocycles. The van der Waals surface area contributed by atoms with E-state index in [1.54, 1.807) is 14.2 Å². The molecule has 8 nitrogen and oxygen atoms in total. The molecule has 2 aliphatic rings. The van der Waals surface area contributed by atoms with Crippen LogP contribution in [-0.4, -0.2) is 70.4 Å². The number of amides is 1. The number of hydrogen-bond donors (Lipinski definition) is 3. The highest BCUT2D eigenvalue weighted by Gasteiger charge is 2.53. The molecule has 3 rings (SSSR count).